The molecule has 1 unspecified atom stereocenters. The number of thiophene rings is 1. The fourth-order valence-corrected chi connectivity index (χ4v) is 6.07. The van der Waals surface area contributed by atoms with Crippen LogP contribution in [-0.2, 0) is 5.54 Å². The van der Waals surface area contributed by atoms with E-state index >= 15 is 0 Å². The predicted octanol–water partition coefficient (Wildman–Crippen LogP) is 4.80. The largest absolute Gasteiger partial charge is 0.493 e. The summed E-state index contributed by atoms with van der Waals surface area (Å²) in [7, 11) is 3.66. The van der Waals surface area contributed by atoms with Gasteiger partial charge in [-0.15, -0.1) is 11.3 Å². The number of ether oxygens (including phenoxy) is 1. The lowest BCUT2D eigenvalue weighted by Gasteiger charge is -2.33. The number of pyridine rings is 1. The zero-order valence-electron chi connectivity index (χ0n) is 20.4. The van der Waals surface area contributed by atoms with E-state index in [4.69, 9.17) is 4.74 Å². The first-order valence-corrected chi connectivity index (χ1v) is 13.8. The monoisotopic (exact) mass is 521 g/mol. The van der Waals surface area contributed by atoms with E-state index < -0.39 is 5.54 Å². The molecular weight excluding hydrogens is 496 g/mol. The van der Waals surface area contributed by atoms with Crippen LogP contribution in [0.3, 0.4) is 0 Å². The van der Waals surface area contributed by atoms with Crippen LogP contribution in [0.25, 0.3) is 21.3 Å². The van der Waals surface area contributed by atoms with Crippen molar-refractivity contribution in [3.8, 4) is 22.3 Å². The minimum Gasteiger partial charge on any atom is -0.493 e. The van der Waals surface area contributed by atoms with Crippen LogP contribution < -0.4 is 15.4 Å². The van der Waals surface area contributed by atoms with Crippen LogP contribution in [0.4, 0.5) is 0 Å². The molecule has 0 spiro atoms. The molecule has 4 aromatic rings. The highest BCUT2D eigenvalue weighted by atomic mass is 32.1. The number of benzene rings is 2. The number of carbonyl (C=O) groups excluding carboxylic acids is 1. The van der Waals surface area contributed by atoms with E-state index in [1.54, 1.807) is 6.20 Å². The van der Waals surface area contributed by atoms with Gasteiger partial charge >= 0.3 is 0 Å². The molecule has 2 aromatic carbocycles. The van der Waals surface area contributed by atoms with Crippen LogP contribution in [-0.4, -0.2) is 39.4 Å². The first kappa shape index (κ1) is 23.9. The summed E-state index contributed by atoms with van der Waals surface area (Å²) in [6.07, 6.45) is 4.55. The molecule has 3 radical (unpaired) electrons. The van der Waals surface area contributed by atoms with E-state index in [1.807, 2.05) is 43.3 Å². The third-order valence-corrected chi connectivity index (χ3v) is 8.84. The van der Waals surface area contributed by atoms with Gasteiger partial charge in [0.15, 0.2) is 0 Å². The van der Waals surface area contributed by atoms with Crippen molar-refractivity contribution in [2.75, 3.05) is 6.54 Å². The number of hydrogen-bond acceptors (Lipinski definition) is 6. The molecule has 2 atom stereocenters. The molecule has 2 aromatic heterocycles. The molecule has 2 N–H and O–H groups in total. The van der Waals surface area contributed by atoms with Gasteiger partial charge < -0.3 is 15.4 Å². The standard InChI is InChI=1S/C29H25N4O2SSi/c1-17-4-5-19(35-28(37)24-8-12-32-24)15-22(17)27(34)33-29(9-10-29)23-13-18(26-7-6-20(16-30)36-26)14-25-21(23)3-2-11-31-25/h2-7,11,13-15,24,28,32H,8-10,12H2,1H3,(H,33,34)/t24-,28?/m0/s1. The number of carbonyl (C=O) groups is 1. The van der Waals surface area contributed by atoms with Crippen LogP contribution in [0.1, 0.15) is 45.6 Å². The van der Waals surface area contributed by atoms with Crippen molar-refractivity contribution >= 4 is 38.4 Å². The van der Waals surface area contributed by atoms with E-state index in [9.17, 15) is 10.1 Å². The molecule has 2 aliphatic rings. The van der Waals surface area contributed by atoms with Gasteiger partial charge in [0.25, 0.3) is 5.91 Å². The van der Waals surface area contributed by atoms with Gasteiger partial charge in [0.2, 0.25) is 0 Å². The quantitative estimate of drug-likeness (QED) is 0.341. The predicted molar refractivity (Wildman–Crippen MR) is 146 cm³/mol. The summed E-state index contributed by atoms with van der Waals surface area (Å²) in [6.45, 7) is 2.94. The van der Waals surface area contributed by atoms with Crippen LogP contribution in [0.2, 0.25) is 0 Å². The minimum atomic E-state index is -0.458. The summed E-state index contributed by atoms with van der Waals surface area (Å²) in [5.41, 5.74) is 3.85. The third-order valence-electron chi connectivity index (χ3n) is 7.28. The van der Waals surface area contributed by atoms with Gasteiger partial charge in [0.05, 0.1) is 27.0 Å². The van der Waals surface area contributed by atoms with Gasteiger partial charge in [0.1, 0.15) is 16.7 Å². The summed E-state index contributed by atoms with van der Waals surface area (Å²) < 4.78 is 6.07. The number of hydrogen-bond donors (Lipinski definition) is 2. The van der Waals surface area contributed by atoms with E-state index in [0.29, 0.717) is 16.2 Å². The van der Waals surface area contributed by atoms with Crippen LogP contribution in [0.15, 0.2) is 60.8 Å². The average molecular weight is 522 g/mol. The Balaban J connectivity index is 1.32. The van der Waals surface area contributed by atoms with E-state index in [-0.39, 0.29) is 17.7 Å². The SMILES string of the molecule is Cc1ccc(OC([Si])[C@@H]2CCN2)cc1C(=O)NC1(c2cc(-c3ccc(C#N)s3)cc3ncccc23)CC1. The van der Waals surface area contributed by atoms with Gasteiger partial charge in [0, 0.05) is 28.1 Å². The highest BCUT2D eigenvalue weighted by molar-refractivity contribution is 7.16. The Morgan fingerprint density at radius 3 is 2.81 bits per heavy atom. The normalized spacial score (nSPS) is 18.5. The Hall–Kier alpha value is -3.51. The first-order valence-electron chi connectivity index (χ1n) is 12.4. The number of nitrogens with one attached hydrogen (secondary N) is 2. The molecule has 0 bridgehead atoms. The minimum absolute atomic E-state index is 0.113. The highest BCUT2D eigenvalue weighted by Crippen LogP contribution is 2.49. The maximum absolute atomic E-state index is 13.6. The lowest BCUT2D eigenvalue weighted by molar-refractivity contribution is 0.0929. The molecule has 183 valence electrons. The Kier molecular flexibility index (Phi) is 6.07. The molecule has 1 amide bonds. The van der Waals surface area contributed by atoms with Gasteiger partial charge in [-0.2, -0.15) is 5.26 Å². The summed E-state index contributed by atoms with van der Waals surface area (Å²) >= 11 is 1.46. The van der Waals surface area contributed by atoms with Crippen LogP contribution >= 0.6 is 11.3 Å². The molecule has 1 aliphatic carbocycles. The molecule has 37 heavy (non-hydrogen) atoms. The summed E-state index contributed by atoms with van der Waals surface area (Å²) in [4.78, 5) is 19.9. The number of rotatable bonds is 7. The fourth-order valence-electron chi connectivity index (χ4n) is 4.86. The lowest BCUT2D eigenvalue weighted by Crippen LogP contribution is -2.53. The zero-order valence-corrected chi connectivity index (χ0v) is 22.2. The van der Waals surface area contributed by atoms with Crippen LogP contribution in [0.5, 0.6) is 5.75 Å². The summed E-state index contributed by atoms with van der Waals surface area (Å²) in [5.74, 6) is 0.551. The Bertz CT molecular complexity index is 1550. The highest BCUT2D eigenvalue weighted by Gasteiger charge is 2.47. The van der Waals surface area contributed by atoms with Crippen molar-refractivity contribution in [2.45, 2.75) is 43.5 Å². The molecular formula is C29H25N4O2SSi. The third kappa shape index (κ3) is 4.55. The second-order valence-corrected chi connectivity index (χ2v) is 11.4. The van der Waals surface area contributed by atoms with Gasteiger partial charge in [-0.3, -0.25) is 9.78 Å². The number of nitriles is 1. The van der Waals surface area contributed by atoms with E-state index in [0.717, 1.165) is 58.3 Å². The van der Waals surface area contributed by atoms with Crippen molar-refractivity contribution in [1.29, 1.82) is 5.26 Å². The smallest absolute Gasteiger partial charge is 0.252 e. The topological polar surface area (TPSA) is 87.0 Å². The lowest BCUT2D eigenvalue weighted by atomic mass is 9.95. The number of aryl methyl sites for hydroxylation is 1. The maximum Gasteiger partial charge on any atom is 0.252 e. The van der Waals surface area contributed by atoms with Gasteiger partial charge in [-0.1, -0.05) is 12.1 Å². The molecule has 6 nitrogen and oxygen atoms in total. The molecule has 8 heteroatoms. The second kappa shape index (κ2) is 9.42. The average Bonchev–Trinajstić information content (AvgIpc) is 3.47. The van der Waals surface area contributed by atoms with Crippen LogP contribution in [0, 0.1) is 18.3 Å². The summed E-state index contributed by atoms with van der Waals surface area (Å²) in [5, 5.41) is 17.0. The van der Waals surface area contributed by atoms with Gasteiger partial charge in [-0.05, 0) is 91.9 Å². The maximum atomic E-state index is 13.6. The Labute approximate surface area is 223 Å². The zero-order chi connectivity index (χ0) is 25.6. The van der Waals surface area contributed by atoms with E-state index in [1.165, 1.54) is 11.3 Å². The number of fused-ring (bicyclic) bond motifs is 1. The second-order valence-electron chi connectivity index (χ2n) is 9.77. The van der Waals surface area contributed by atoms with E-state index in [2.05, 4.69) is 50.1 Å². The molecule has 2 fully saturated rings. The molecule has 1 aliphatic heterocycles. The number of aromatic nitrogens is 1. The first-order chi connectivity index (χ1) is 18.0. The number of nitrogens with zero attached hydrogens (tertiary/aromatic N) is 2. The molecule has 1 saturated heterocycles. The Morgan fingerprint density at radius 1 is 1.27 bits per heavy atom. The fraction of sp³-hybridized carbons (Fsp3) is 0.276. The molecule has 6 rings (SSSR count). The van der Waals surface area contributed by atoms with Crippen molar-refractivity contribution in [2.24, 2.45) is 0 Å². The number of amides is 1. The van der Waals surface area contributed by atoms with Crippen molar-refractivity contribution in [3.05, 3.63) is 82.4 Å². The Morgan fingerprint density at radius 2 is 2.11 bits per heavy atom. The van der Waals surface area contributed by atoms with Crippen molar-refractivity contribution < 1.29 is 9.53 Å². The van der Waals surface area contributed by atoms with Gasteiger partial charge in [-0.25, -0.2) is 0 Å². The molecule has 3 heterocycles. The molecule has 1 saturated carbocycles. The summed E-state index contributed by atoms with van der Waals surface area (Å²) in [6, 6.07) is 20.2. The van der Waals surface area contributed by atoms with Crippen molar-refractivity contribution in [3.63, 3.8) is 0 Å². The van der Waals surface area contributed by atoms with Crippen molar-refractivity contribution in [1.82, 2.24) is 15.6 Å².